The molecule has 0 spiro atoms. The van der Waals surface area contributed by atoms with Gasteiger partial charge in [-0.25, -0.2) is 0 Å². The van der Waals surface area contributed by atoms with Crippen LogP contribution >= 0.6 is 11.3 Å². The summed E-state index contributed by atoms with van der Waals surface area (Å²) in [5, 5.41) is 17.8. The van der Waals surface area contributed by atoms with Gasteiger partial charge in [-0.3, -0.25) is 4.79 Å². The molecule has 1 aliphatic carbocycles. The van der Waals surface area contributed by atoms with Crippen molar-refractivity contribution in [3.63, 3.8) is 0 Å². The molecular weight excluding hydrogens is 302 g/mol. The second kappa shape index (κ2) is 6.85. The Bertz CT molecular complexity index is 651. The highest BCUT2D eigenvalue weighted by atomic mass is 32.1. The van der Waals surface area contributed by atoms with Gasteiger partial charge in [-0.15, -0.1) is 11.3 Å². The van der Waals surface area contributed by atoms with E-state index in [1.807, 2.05) is 29.7 Å². The minimum Gasteiger partial charge on any atom is -0.396 e. The SMILES string of the molecule is O=C(CCc1nc(-c2cccs2)no1)N[C@@H]1C=C[C@H](CO)C1. The fourth-order valence-corrected chi connectivity index (χ4v) is 3.03. The predicted molar refractivity (Wildman–Crippen MR) is 82.2 cm³/mol. The maximum absolute atomic E-state index is 11.9. The summed E-state index contributed by atoms with van der Waals surface area (Å²) < 4.78 is 5.16. The van der Waals surface area contributed by atoms with Gasteiger partial charge in [0.15, 0.2) is 0 Å². The van der Waals surface area contributed by atoms with E-state index in [2.05, 4.69) is 15.5 Å². The maximum atomic E-state index is 11.9. The van der Waals surface area contributed by atoms with Crippen LogP contribution in [0.4, 0.5) is 0 Å². The molecule has 22 heavy (non-hydrogen) atoms. The number of amides is 1. The van der Waals surface area contributed by atoms with Crippen LogP contribution in [-0.4, -0.2) is 33.8 Å². The van der Waals surface area contributed by atoms with E-state index in [4.69, 9.17) is 9.63 Å². The zero-order chi connectivity index (χ0) is 15.4. The van der Waals surface area contributed by atoms with Crippen molar-refractivity contribution in [2.45, 2.75) is 25.3 Å². The average Bonchev–Trinajstić information content (AvgIpc) is 3.25. The number of nitrogens with one attached hydrogen (secondary N) is 1. The molecule has 1 aliphatic rings. The Morgan fingerprint density at radius 3 is 3.14 bits per heavy atom. The Balaban J connectivity index is 1.46. The highest BCUT2D eigenvalue weighted by Gasteiger charge is 2.20. The molecule has 2 N–H and O–H groups in total. The van der Waals surface area contributed by atoms with Crippen LogP contribution in [0.3, 0.4) is 0 Å². The minimum absolute atomic E-state index is 0.00835. The highest BCUT2D eigenvalue weighted by molar-refractivity contribution is 7.13. The molecule has 2 aromatic rings. The van der Waals surface area contributed by atoms with Crippen molar-refractivity contribution < 1.29 is 14.4 Å². The number of hydrogen-bond acceptors (Lipinski definition) is 6. The Morgan fingerprint density at radius 2 is 2.41 bits per heavy atom. The first-order chi connectivity index (χ1) is 10.7. The van der Waals surface area contributed by atoms with Crippen LogP contribution in [0, 0.1) is 5.92 Å². The van der Waals surface area contributed by atoms with Gasteiger partial charge in [0.05, 0.1) is 4.88 Å². The summed E-state index contributed by atoms with van der Waals surface area (Å²) in [6, 6.07) is 3.86. The first kappa shape index (κ1) is 14.9. The molecule has 0 aliphatic heterocycles. The number of aliphatic hydroxyl groups is 1. The number of thiophene rings is 1. The quantitative estimate of drug-likeness (QED) is 0.792. The lowest BCUT2D eigenvalue weighted by Gasteiger charge is -2.12. The topological polar surface area (TPSA) is 88.2 Å². The van der Waals surface area contributed by atoms with Crippen LogP contribution in [-0.2, 0) is 11.2 Å². The van der Waals surface area contributed by atoms with Crippen molar-refractivity contribution in [1.29, 1.82) is 0 Å². The first-order valence-corrected chi connectivity index (χ1v) is 8.07. The van der Waals surface area contributed by atoms with Crippen molar-refractivity contribution in [2.75, 3.05) is 6.61 Å². The smallest absolute Gasteiger partial charge is 0.227 e. The van der Waals surface area contributed by atoms with Crippen LogP contribution < -0.4 is 5.32 Å². The number of nitrogens with zero attached hydrogens (tertiary/aromatic N) is 2. The summed E-state index contributed by atoms with van der Waals surface area (Å²) >= 11 is 1.55. The molecule has 0 saturated heterocycles. The number of aliphatic hydroxyl groups excluding tert-OH is 1. The standard InChI is InChI=1S/C15H17N3O3S/c19-9-10-3-4-11(8-10)16-13(20)5-6-14-17-15(18-21-14)12-2-1-7-22-12/h1-4,7,10-11,19H,5-6,8-9H2,(H,16,20)/t10-,11+/m0/s1. The fourth-order valence-electron chi connectivity index (χ4n) is 2.38. The third-order valence-corrected chi connectivity index (χ3v) is 4.39. The van der Waals surface area contributed by atoms with E-state index >= 15 is 0 Å². The molecule has 1 amide bonds. The van der Waals surface area contributed by atoms with Gasteiger partial charge in [-0.05, 0) is 17.9 Å². The molecule has 0 fully saturated rings. The average molecular weight is 319 g/mol. The Kier molecular flexibility index (Phi) is 4.65. The molecule has 0 unspecified atom stereocenters. The number of carbonyl (C=O) groups excluding carboxylic acids is 1. The second-order valence-corrected chi connectivity index (χ2v) is 6.17. The zero-order valence-corrected chi connectivity index (χ0v) is 12.8. The molecule has 2 atom stereocenters. The Hall–Kier alpha value is -1.99. The maximum Gasteiger partial charge on any atom is 0.227 e. The van der Waals surface area contributed by atoms with Gasteiger partial charge in [-0.2, -0.15) is 4.98 Å². The zero-order valence-electron chi connectivity index (χ0n) is 11.9. The van der Waals surface area contributed by atoms with Crippen LogP contribution in [0.15, 0.2) is 34.2 Å². The molecule has 0 bridgehead atoms. The predicted octanol–water partition coefficient (Wildman–Crippen LogP) is 1.78. The second-order valence-electron chi connectivity index (χ2n) is 5.23. The van der Waals surface area contributed by atoms with Gasteiger partial charge in [0.2, 0.25) is 17.6 Å². The molecule has 3 rings (SSSR count). The lowest BCUT2D eigenvalue weighted by Crippen LogP contribution is -2.33. The van der Waals surface area contributed by atoms with E-state index in [1.54, 1.807) is 11.3 Å². The van der Waals surface area contributed by atoms with Gasteiger partial charge in [0.1, 0.15) is 0 Å². The van der Waals surface area contributed by atoms with E-state index in [1.165, 1.54) is 0 Å². The minimum atomic E-state index is -0.0517. The van der Waals surface area contributed by atoms with Gasteiger partial charge < -0.3 is 14.9 Å². The lowest BCUT2D eigenvalue weighted by atomic mass is 10.1. The monoisotopic (exact) mass is 319 g/mol. The molecular formula is C15H17N3O3S. The third-order valence-electron chi connectivity index (χ3n) is 3.53. The van der Waals surface area contributed by atoms with Crippen LogP contribution in [0.25, 0.3) is 10.7 Å². The first-order valence-electron chi connectivity index (χ1n) is 7.19. The number of rotatable bonds is 6. The Morgan fingerprint density at radius 1 is 1.50 bits per heavy atom. The number of carbonyl (C=O) groups is 1. The summed E-state index contributed by atoms with van der Waals surface area (Å²) in [5.74, 6) is 1.13. The van der Waals surface area contributed by atoms with E-state index in [9.17, 15) is 4.79 Å². The van der Waals surface area contributed by atoms with E-state index < -0.39 is 0 Å². The molecule has 116 valence electrons. The molecule has 6 nitrogen and oxygen atoms in total. The molecule has 2 aromatic heterocycles. The number of hydrogen-bond donors (Lipinski definition) is 2. The molecule has 0 saturated carbocycles. The normalized spacial score (nSPS) is 20.4. The molecule has 0 aromatic carbocycles. The van der Waals surface area contributed by atoms with E-state index in [0.717, 1.165) is 11.3 Å². The molecule has 7 heteroatoms. The third kappa shape index (κ3) is 3.61. The van der Waals surface area contributed by atoms with Gasteiger partial charge in [0, 0.05) is 31.4 Å². The van der Waals surface area contributed by atoms with Gasteiger partial charge in [0.25, 0.3) is 0 Å². The summed E-state index contributed by atoms with van der Waals surface area (Å²) in [6.45, 7) is 0.121. The highest BCUT2D eigenvalue weighted by Crippen LogP contribution is 2.21. The van der Waals surface area contributed by atoms with Crippen molar-refractivity contribution in [2.24, 2.45) is 5.92 Å². The molecule has 2 heterocycles. The largest absolute Gasteiger partial charge is 0.396 e. The summed E-state index contributed by atoms with van der Waals surface area (Å²) in [6.07, 6.45) is 5.35. The summed E-state index contributed by atoms with van der Waals surface area (Å²) in [4.78, 5) is 17.1. The van der Waals surface area contributed by atoms with Gasteiger partial charge >= 0.3 is 0 Å². The number of aromatic nitrogens is 2. The lowest BCUT2D eigenvalue weighted by molar-refractivity contribution is -0.121. The van der Waals surface area contributed by atoms with Crippen molar-refractivity contribution in [3.8, 4) is 10.7 Å². The van der Waals surface area contributed by atoms with Crippen LogP contribution in [0.1, 0.15) is 18.7 Å². The van der Waals surface area contributed by atoms with Crippen LogP contribution in [0.2, 0.25) is 0 Å². The van der Waals surface area contributed by atoms with E-state index in [0.29, 0.717) is 24.6 Å². The van der Waals surface area contributed by atoms with E-state index in [-0.39, 0.29) is 24.5 Å². The fraction of sp³-hybridized carbons (Fsp3) is 0.400. The van der Waals surface area contributed by atoms with Crippen LogP contribution in [0.5, 0.6) is 0 Å². The van der Waals surface area contributed by atoms with Crippen molar-refractivity contribution >= 4 is 17.2 Å². The van der Waals surface area contributed by atoms with Crippen molar-refractivity contribution in [1.82, 2.24) is 15.5 Å². The number of aryl methyl sites for hydroxylation is 1. The van der Waals surface area contributed by atoms with Gasteiger partial charge in [-0.1, -0.05) is 23.4 Å². The summed E-state index contributed by atoms with van der Waals surface area (Å²) in [5.41, 5.74) is 0. The summed E-state index contributed by atoms with van der Waals surface area (Å²) in [7, 11) is 0. The van der Waals surface area contributed by atoms with Crippen molar-refractivity contribution in [3.05, 3.63) is 35.6 Å². The Labute approximate surface area is 131 Å². The molecule has 0 radical (unpaired) electrons.